The molecule has 0 aromatic heterocycles. The molecule has 0 radical (unpaired) electrons. The SMILES string of the molecule is CC(C)C1CCCC(NCCOCC(F)F)C1. The number of rotatable bonds is 7. The molecule has 0 aromatic carbocycles. The summed E-state index contributed by atoms with van der Waals surface area (Å²) in [7, 11) is 0. The molecule has 0 bridgehead atoms. The molecule has 1 rings (SSSR count). The van der Waals surface area contributed by atoms with Crippen molar-refractivity contribution in [3.8, 4) is 0 Å². The molecule has 0 aromatic rings. The molecule has 4 heteroatoms. The van der Waals surface area contributed by atoms with Gasteiger partial charge in [0.25, 0.3) is 6.43 Å². The fraction of sp³-hybridized carbons (Fsp3) is 1.00. The van der Waals surface area contributed by atoms with Gasteiger partial charge in [-0.05, 0) is 24.7 Å². The lowest BCUT2D eigenvalue weighted by Gasteiger charge is -2.32. The zero-order valence-corrected chi connectivity index (χ0v) is 10.9. The molecule has 1 saturated carbocycles. The van der Waals surface area contributed by atoms with Crippen molar-refractivity contribution in [2.75, 3.05) is 19.8 Å². The monoisotopic (exact) mass is 249 g/mol. The van der Waals surface area contributed by atoms with Gasteiger partial charge in [0, 0.05) is 12.6 Å². The first-order valence-corrected chi connectivity index (χ1v) is 6.69. The van der Waals surface area contributed by atoms with Crippen LogP contribution in [0.25, 0.3) is 0 Å². The molecular weight excluding hydrogens is 224 g/mol. The zero-order valence-electron chi connectivity index (χ0n) is 10.9. The van der Waals surface area contributed by atoms with Crippen LogP contribution in [0.15, 0.2) is 0 Å². The summed E-state index contributed by atoms with van der Waals surface area (Å²) in [6, 6.07) is 0.547. The van der Waals surface area contributed by atoms with E-state index in [-0.39, 0.29) is 0 Å². The third kappa shape index (κ3) is 6.32. The molecule has 1 N–H and O–H groups in total. The van der Waals surface area contributed by atoms with Crippen molar-refractivity contribution in [1.29, 1.82) is 0 Å². The average Bonchev–Trinajstić information content (AvgIpc) is 2.28. The van der Waals surface area contributed by atoms with Gasteiger partial charge in [-0.1, -0.05) is 26.7 Å². The van der Waals surface area contributed by atoms with Gasteiger partial charge in [0.15, 0.2) is 0 Å². The fourth-order valence-electron chi connectivity index (χ4n) is 2.53. The molecule has 1 fully saturated rings. The minimum absolute atomic E-state index is 0.382. The Labute approximate surface area is 103 Å². The molecule has 1 aliphatic rings. The summed E-state index contributed by atoms with van der Waals surface area (Å²) in [6.07, 6.45) is 2.68. The fourth-order valence-corrected chi connectivity index (χ4v) is 2.53. The van der Waals surface area contributed by atoms with Crippen LogP contribution < -0.4 is 5.32 Å². The Bertz CT molecular complexity index is 200. The molecule has 0 amide bonds. The van der Waals surface area contributed by atoms with Crippen LogP contribution in [0.1, 0.15) is 39.5 Å². The maximum atomic E-state index is 11.8. The summed E-state index contributed by atoms with van der Waals surface area (Å²) in [5.41, 5.74) is 0. The molecule has 2 nitrogen and oxygen atoms in total. The molecular formula is C13H25F2NO. The highest BCUT2D eigenvalue weighted by molar-refractivity contribution is 4.79. The Balaban J connectivity index is 2.06. The van der Waals surface area contributed by atoms with Gasteiger partial charge in [0.2, 0.25) is 0 Å². The van der Waals surface area contributed by atoms with Crippen molar-refractivity contribution in [2.45, 2.75) is 52.0 Å². The Hall–Kier alpha value is -0.220. The van der Waals surface area contributed by atoms with Crippen LogP contribution in [-0.4, -0.2) is 32.2 Å². The smallest absolute Gasteiger partial charge is 0.261 e. The predicted molar refractivity (Wildman–Crippen MR) is 65.4 cm³/mol. The van der Waals surface area contributed by atoms with Crippen molar-refractivity contribution in [1.82, 2.24) is 5.32 Å². The van der Waals surface area contributed by atoms with E-state index in [1.54, 1.807) is 0 Å². The zero-order chi connectivity index (χ0) is 12.7. The van der Waals surface area contributed by atoms with E-state index in [2.05, 4.69) is 19.2 Å². The van der Waals surface area contributed by atoms with E-state index >= 15 is 0 Å². The highest BCUT2D eigenvalue weighted by atomic mass is 19.3. The number of nitrogens with one attached hydrogen (secondary N) is 1. The minimum Gasteiger partial charge on any atom is -0.374 e. The normalized spacial score (nSPS) is 25.8. The largest absolute Gasteiger partial charge is 0.374 e. The first-order valence-electron chi connectivity index (χ1n) is 6.69. The molecule has 1 aliphatic carbocycles. The maximum Gasteiger partial charge on any atom is 0.261 e. The molecule has 0 heterocycles. The quantitative estimate of drug-likeness (QED) is 0.700. The highest BCUT2D eigenvalue weighted by Gasteiger charge is 2.23. The van der Waals surface area contributed by atoms with Crippen molar-refractivity contribution < 1.29 is 13.5 Å². The van der Waals surface area contributed by atoms with Crippen molar-refractivity contribution in [3.63, 3.8) is 0 Å². The molecule has 0 spiro atoms. The van der Waals surface area contributed by atoms with E-state index in [1.165, 1.54) is 25.7 Å². The van der Waals surface area contributed by atoms with Gasteiger partial charge in [0.1, 0.15) is 6.61 Å². The molecule has 2 atom stereocenters. The van der Waals surface area contributed by atoms with E-state index in [9.17, 15) is 8.78 Å². The third-order valence-electron chi connectivity index (χ3n) is 3.58. The van der Waals surface area contributed by atoms with Gasteiger partial charge in [-0.25, -0.2) is 8.78 Å². The van der Waals surface area contributed by atoms with Crippen molar-refractivity contribution in [3.05, 3.63) is 0 Å². The standard InChI is InChI=1S/C13H25F2NO/c1-10(2)11-4-3-5-12(8-11)16-6-7-17-9-13(14)15/h10-13,16H,3-9H2,1-2H3. The number of ether oxygens (including phenoxy) is 1. The summed E-state index contributed by atoms with van der Waals surface area (Å²) in [5, 5.41) is 3.41. The lowest BCUT2D eigenvalue weighted by atomic mass is 9.79. The second-order valence-electron chi connectivity index (χ2n) is 5.29. The van der Waals surface area contributed by atoms with Crippen LogP contribution >= 0.6 is 0 Å². The molecule has 0 saturated heterocycles. The number of hydrogen-bond acceptors (Lipinski definition) is 2. The second kappa shape index (κ2) is 7.98. The van der Waals surface area contributed by atoms with Crippen LogP contribution in [0, 0.1) is 11.8 Å². The van der Waals surface area contributed by atoms with E-state index in [0.717, 1.165) is 11.8 Å². The van der Waals surface area contributed by atoms with E-state index in [4.69, 9.17) is 4.74 Å². The summed E-state index contributed by atoms with van der Waals surface area (Å²) in [5.74, 6) is 1.55. The Morgan fingerprint density at radius 1 is 1.29 bits per heavy atom. The molecule has 0 aliphatic heterocycles. The third-order valence-corrected chi connectivity index (χ3v) is 3.58. The first-order chi connectivity index (χ1) is 8.09. The second-order valence-corrected chi connectivity index (χ2v) is 5.29. The summed E-state index contributed by atoms with van der Waals surface area (Å²) in [4.78, 5) is 0. The van der Waals surface area contributed by atoms with Gasteiger partial charge in [-0.2, -0.15) is 0 Å². The molecule has 102 valence electrons. The van der Waals surface area contributed by atoms with Gasteiger partial charge in [-0.15, -0.1) is 0 Å². The summed E-state index contributed by atoms with van der Waals surface area (Å²) in [6.45, 7) is 5.17. The Morgan fingerprint density at radius 3 is 2.71 bits per heavy atom. The highest BCUT2D eigenvalue weighted by Crippen LogP contribution is 2.29. The number of hydrogen-bond donors (Lipinski definition) is 1. The van der Waals surface area contributed by atoms with E-state index in [0.29, 0.717) is 19.2 Å². The van der Waals surface area contributed by atoms with Gasteiger partial charge in [-0.3, -0.25) is 0 Å². The summed E-state index contributed by atoms with van der Waals surface area (Å²) < 4.78 is 28.5. The van der Waals surface area contributed by atoms with Crippen LogP contribution in [-0.2, 0) is 4.74 Å². The first kappa shape index (κ1) is 14.8. The number of alkyl halides is 2. The van der Waals surface area contributed by atoms with Crippen LogP contribution in [0.4, 0.5) is 8.78 Å². The molecule has 2 unspecified atom stereocenters. The van der Waals surface area contributed by atoms with Gasteiger partial charge >= 0.3 is 0 Å². The predicted octanol–water partition coefficient (Wildman–Crippen LogP) is 3.07. The minimum atomic E-state index is -2.35. The van der Waals surface area contributed by atoms with Gasteiger partial charge < -0.3 is 10.1 Å². The van der Waals surface area contributed by atoms with Gasteiger partial charge in [0.05, 0.1) is 6.61 Å². The molecule has 17 heavy (non-hydrogen) atoms. The van der Waals surface area contributed by atoms with Crippen LogP contribution in [0.2, 0.25) is 0 Å². The van der Waals surface area contributed by atoms with Crippen LogP contribution in [0.5, 0.6) is 0 Å². The lowest BCUT2D eigenvalue weighted by Crippen LogP contribution is -2.37. The van der Waals surface area contributed by atoms with Crippen molar-refractivity contribution >= 4 is 0 Å². The number of halogens is 2. The van der Waals surface area contributed by atoms with E-state index in [1.807, 2.05) is 0 Å². The Morgan fingerprint density at radius 2 is 2.06 bits per heavy atom. The maximum absolute atomic E-state index is 11.8. The average molecular weight is 249 g/mol. The van der Waals surface area contributed by atoms with E-state index < -0.39 is 13.0 Å². The Kier molecular flexibility index (Phi) is 6.97. The topological polar surface area (TPSA) is 21.3 Å². The lowest BCUT2D eigenvalue weighted by molar-refractivity contribution is 0.0176. The van der Waals surface area contributed by atoms with Crippen LogP contribution in [0.3, 0.4) is 0 Å². The summed E-state index contributed by atoms with van der Waals surface area (Å²) >= 11 is 0. The van der Waals surface area contributed by atoms with Crippen molar-refractivity contribution in [2.24, 2.45) is 11.8 Å².